The molecule has 2 rings (SSSR count). The van der Waals surface area contributed by atoms with Crippen molar-refractivity contribution in [2.24, 2.45) is 0 Å². The Morgan fingerprint density at radius 3 is 2.34 bits per heavy atom. The van der Waals surface area contributed by atoms with Crippen molar-refractivity contribution < 1.29 is 19.4 Å². The summed E-state index contributed by atoms with van der Waals surface area (Å²) in [5, 5.41) is 12.1. The quantitative estimate of drug-likeness (QED) is 0.280. The van der Waals surface area contributed by atoms with Gasteiger partial charge >= 0.3 is 6.09 Å². The maximum Gasteiger partial charge on any atom is 0.410 e. The molecule has 2 aromatic carbocycles. The van der Waals surface area contributed by atoms with Gasteiger partial charge in [0.1, 0.15) is 5.60 Å². The van der Waals surface area contributed by atoms with Gasteiger partial charge in [-0.25, -0.2) is 4.79 Å². The van der Waals surface area contributed by atoms with Gasteiger partial charge in [0.15, 0.2) is 0 Å². The lowest BCUT2D eigenvalue weighted by molar-refractivity contribution is 0.0111. The smallest absolute Gasteiger partial charge is 0.410 e. The van der Waals surface area contributed by atoms with Gasteiger partial charge in [0, 0.05) is 31.8 Å². The molecule has 0 unspecified atom stereocenters. The van der Waals surface area contributed by atoms with Crippen molar-refractivity contribution in [3.8, 4) is 11.1 Å². The lowest BCUT2D eigenvalue weighted by atomic mass is 9.80. The number of hydrogen-bond donors (Lipinski definition) is 1. The Labute approximate surface area is 220 Å². The van der Waals surface area contributed by atoms with Crippen molar-refractivity contribution >= 4 is 22.0 Å². The van der Waals surface area contributed by atoms with Crippen LogP contribution in [0.4, 0.5) is 4.79 Å². The van der Waals surface area contributed by atoms with E-state index in [9.17, 15) is 9.90 Å². The summed E-state index contributed by atoms with van der Waals surface area (Å²) < 4.78 is 11.7. The molecular weight excluding hydrogens is 506 g/mol. The third kappa shape index (κ3) is 9.59. The average Bonchev–Trinajstić information content (AvgIpc) is 2.78. The summed E-state index contributed by atoms with van der Waals surface area (Å²) in [7, 11) is 3.47. The number of amides is 1. The predicted octanol–water partition coefficient (Wildman–Crippen LogP) is 7.47. The van der Waals surface area contributed by atoms with E-state index >= 15 is 0 Å². The van der Waals surface area contributed by atoms with E-state index in [1.165, 1.54) is 5.56 Å². The summed E-state index contributed by atoms with van der Waals surface area (Å²) in [5.74, 6) is 0. The zero-order valence-electron chi connectivity index (χ0n) is 22.2. The van der Waals surface area contributed by atoms with Crippen LogP contribution < -0.4 is 0 Å². The van der Waals surface area contributed by atoms with Gasteiger partial charge in [-0.3, -0.25) is 0 Å². The SMILES string of the molecule is COCCCC[C@](O)(CCCCN(C)C(=O)OC(C)(C)C)c1ccc(Br)cc1-c1cccc(C)c1. The highest BCUT2D eigenvalue weighted by Gasteiger charge is 2.31. The molecule has 35 heavy (non-hydrogen) atoms. The minimum absolute atomic E-state index is 0.318. The Morgan fingerprint density at radius 1 is 1.03 bits per heavy atom. The summed E-state index contributed by atoms with van der Waals surface area (Å²) >= 11 is 3.62. The van der Waals surface area contributed by atoms with E-state index in [2.05, 4.69) is 53.2 Å². The number of benzene rings is 2. The first kappa shape index (κ1) is 29.3. The fraction of sp³-hybridized carbons (Fsp3) is 0.552. The topological polar surface area (TPSA) is 59.0 Å². The number of carbonyl (C=O) groups excluding carboxylic acids is 1. The number of aliphatic hydroxyl groups is 1. The predicted molar refractivity (Wildman–Crippen MR) is 147 cm³/mol. The molecule has 0 aliphatic heterocycles. The number of unbranched alkanes of at least 4 members (excludes halogenated alkanes) is 2. The summed E-state index contributed by atoms with van der Waals surface area (Å²) in [6, 6.07) is 14.5. The van der Waals surface area contributed by atoms with Crippen LogP contribution in [0.25, 0.3) is 11.1 Å². The van der Waals surface area contributed by atoms with Crippen molar-refractivity contribution in [1.82, 2.24) is 4.90 Å². The van der Waals surface area contributed by atoms with E-state index in [0.29, 0.717) is 26.0 Å². The van der Waals surface area contributed by atoms with Gasteiger partial charge in [-0.2, -0.15) is 0 Å². The van der Waals surface area contributed by atoms with E-state index in [1.54, 1.807) is 19.1 Å². The van der Waals surface area contributed by atoms with Gasteiger partial charge < -0.3 is 19.5 Å². The maximum atomic E-state index is 12.3. The zero-order chi connectivity index (χ0) is 26.1. The van der Waals surface area contributed by atoms with E-state index in [4.69, 9.17) is 9.47 Å². The van der Waals surface area contributed by atoms with Gasteiger partial charge in [-0.15, -0.1) is 0 Å². The Bertz CT molecular complexity index is 956. The van der Waals surface area contributed by atoms with Crippen LogP contribution in [0.2, 0.25) is 0 Å². The highest BCUT2D eigenvalue weighted by molar-refractivity contribution is 9.10. The van der Waals surface area contributed by atoms with Crippen LogP contribution >= 0.6 is 15.9 Å². The first-order valence-electron chi connectivity index (χ1n) is 12.5. The second kappa shape index (κ2) is 13.4. The van der Waals surface area contributed by atoms with Crippen molar-refractivity contribution in [1.29, 1.82) is 0 Å². The van der Waals surface area contributed by atoms with Crippen LogP contribution in [0.1, 0.15) is 70.4 Å². The standard InChI is InChI=1S/C29H42BrNO4/c1-22-12-11-13-23(20-22)25-21-24(30)14-15-26(25)29(33,17-8-10-19-34-6)16-7-9-18-31(5)27(32)35-28(2,3)4/h11-15,20-21,33H,7-10,16-19H2,1-6H3/t29-/m1/s1. The highest BCUT2D eigenvalue weighted by atomic mass is 79.9. The number of hydrogen-bond acceptors (Lipinski definition) is 4. The largest absolute Gasteiger partial charge is 0.444 e. The molecule has 0 aromatic heterocycles. The van der Waals surface area contributed by atoms with Crippen LogP contribution in [-0.2, 0) is 15.1 Å². The molecule has 1 N–H and O–H groups in total. The highest BCUT2D eigenvalue weighted by Crippen LogP contribution is 2.40. The number of halogens is 1. The van der Waals surface area contributed by atoms with Crippen molar-refractivity contribution in [2.45, 2.75) is 77.4 Å². The molecule has 6 heteroatoms. The minimum atomic E-state index is -0.974. The monoisotopic (exact) mass is 547 g/mol. The van der Waals surface area contributed by atoms with Gasteiger partial charge in [-0.1, -0.05) is 51.8 Å². The Kier molecular flexibility index (Phi) is 11.3. The fourth-order valence-corrected chi connectivity index (χ4v) is 4.59. The van der Waals surface area contributed by atoms with Gasteiger partial charge in [0.2, 0.25) is 0 Å². The van der Waals surface area contributed by atoms with Crippen molar-refractivity contribution in [3.63, 3.8) is 0 Å². The molecular formula is C29H42BrNO4. The van der Waals surface area contributed by atoms with Crippen LogP contribution in [0, 0.1) is 6.92 Å². The lowest BCUT2D eigenvalue weighted by Crippen LogP contribution is -2.35. The number of nitrogens with zero attached hydrogens (tertiary/aromatic N) is 1. The van der Waals surface area contributed by atoms with Crippen LogP contribution in [0.3, 0.4) is 0 Å². The normalized spacial score (nSPS) is 13.4. The van der Waals surface area contributed by atoms with Crippen LogP contribution in [0.5, 0.6) is 0 Å². The molecule has 5 nitrogen and oxygen atoms in total. The zero-order valence-corrected chi connectivity index (χ0v) is 23.8. The molecule has 0 saturated carbocycles. The molecule has 0 saturated heterocycles. The molecule has 1 amide bonds. The summed E-state index contributed by atoms with van der Waals surface area (Å²) in [6.45, 7) is 8.95. The molecule has 0 fully saturated rings. The molecule has 1 atom stereocenters. The number of carbonyl (C=O) groups is 1. The van der Waals surface area contributed by atoms with Gasteiger partial charge in [0.05, 0.1) is 5.60 Å². The second-order valence-corrected chi connectivity index (χ2v) is 11.3. The minimum Gasteiger partial charge on any atom is -0.444 e. The summed E-state index contributed by atoms with van der Waals surface area (Å²) in [5.41, 5.74) is 2.79. The van der Waals surface area contributed by atoms with Crippen LogP contribution in [0.15, 0.2) is 46.9 Å². The third-order valence-electron chi connectivity index (χ3n) is 6.04. The molecule has 0 heterocycles. The maximum absolute atomic E-state index is 12.3. The molecule has 0 bridgehead atoms. The first-order valence-corrected chi connectivity index (χ1v) is 13.3. The molecule has 2 aromatic rings. The van der Waals surface area contributed by atoms with E-state index in [-0.39, 0.29) is 6.09 Å². The Hall–Kier alpha value is -1.89. The average molecular weight is 549 g/mol. The van der Waals surface area contributed by atoms with Gasteiger partial charge in [-0.05, 0) is 95.0 Å². The molecule has 194 valence electrons. The van der Waals surface area contributed by atoms with Crippen molar-refractivity contribution in [2.75, 3.05) is 27.3 Å². The Morgan fingerprint density at radius 2 is 1.71 bits per heavy atom. The van der Waals surface area contributed by atoms with Crippen LogP contribution in [-0.4, -0.2) is 49.0 Å². The van der Waals surface area contributed by atoms with E-state index < -0.39 is 11.2 Å². The first-order chi connectivity index (χ1) is 16.4. The molecule has 0 aliphatic carbocycles. The number of aryl methyl sites for hydroxylation is 1. The molecule has 0 aliphatic rings. The van der Waals surface area contributed by atoms with Gasteiger partial charge in [0.25, 0.3) is 0 Å². The number of rotatable bonds is 12. The third-order valence-corrected chi connectivity index (χ3v) is 6.53. The van der Waals surface area contributed by atoms with Crippen molar-refractivity contribution in [3.05, 3.63) is 58.1 Å². The fourth-order valence-electron chi connectivity index (χ4n) is 4.23. The molecule has 0 radical (unpaired) electrons. The second-order valence-electron chi connectivity index (χ2n) is 10.4. The number of methoxy groups -OCH3 is 1. The summed E-state index contributed by atoms with van der Waals surface area (Å²) in [6.07, 6.45) is 4.29. The Balaban J connectivity index is 2.21. The molecule has 0 spiro atoms. The number of ether oxygens (including phenoxy) is 2. The van der Waals surface area contributed by atoms with E-state index in [0.717, 1.165) is 46.8 Å². The van der Waals surface area contributed by atoms with E-state index in [1.807, 2.05) is 32.9 Å². The lowest BCUT2D eigenvalue weighted by Gasteiger charge is -2.32. The summed E-state index contributed by atoms with van der Waals surface area (Å²) in [4.78, 5) is 13.9.